The lowest BCUT2D eigenvalue weighted by atomic mass is 10.0. The molecule has 0 spiro atoms. The van der Waals surface area contributed by atoms with Gasteiger partial charge in [-0.05, 0) is 38.7 Å². The monoisotopic (exact) mass is 231 g/mol. The van der Waals surface area contributed by atoms with Crippen LogP contribution >= 0.6 is 0 Å². The van der Waals surface area contributed by atoms with Crippen LogP contribution in [0.4, 0.5) is 0 Å². The normalized spacial score (nSPS) is 19.5. The maximum absolute atomic E-state index is 4.84. The zero-order valence-corrected chi connectivity index (χ0v) is 11.1. The molecule has 1 unspecified atom stereocenters. The van der Waals surface area contributed by atoms with Gasteiger partial charge in [0.1, 0.15) is 0 Å². The Hall–Kier alpha value is -1.38. The molecule has 0 aromatic carbocycles. The number of hydrogen-bond acceptors (Lipinski definition) is 2. The van der Waals surface area contributed by atoms with E-state index in [1.807, 2.05) is 0 Å². The van der Waals surface area contributed by atoms with Crippen molar-refractivity contribution in [3.63, 3.8) is 0 Å². The van der Waals surface area contributed by atoms with Gasteiger partial charge in [-0.3, -0.25) is 10.1 Å². The summed E-state index contributed by atoms with van der Waals surface area (Å²) in [5, 5.41) is 7.45. The molecule has 1 aliphatic rings. The molecule has 3 heteroatoms. The Morgan fingerprint density at radius 1 is 1.35 bits per heavy atom. The lowest BCUT2D eigenvalue weighted by molar-refractivity contribution is 0.532. The predicted octanol–water partition coefficient (Wildman–Crippen LogP) is 3.05. The van der Waals surface area contributed by atoms with Gasteiger partial charge in [0, 0.05) is 11.3 Å². The maximum atomic E-state index is 4.84. The summed E-state index contributed by atoms with van der Waals surface area (Å²) in [6.07, 6.45) is 6.40. The second-order valence-corrected chi connectivity index (χ2v) is 5.11. The van der Waals surface area contributed by atoms with E-state index in [0.717, 1.165) is 29.9 Å². The molecule has 0 saturated carbocycles. The van der Waals surface area contributed by atoms with Crippen LogP contribution in [0, 0.1) is 12.8 Å². The number of fused-ring (bicyclic) bond motifs is 1. The zero-order chi connectivity index (χ0) is 12.4. The van der Waals surface area contributed by atoms with Crippen LogP contribution in [0.5, 0.6) is 0 Å². The Morgan fingerprint density at radius 2 is 2.12 bits per heavy atom. The van der Waals surface area contributed by atoms with Gasteiger partial charge in [0.2, 0.25) is 0 Å². The van der Waals surface area contributed by atoms with Gasteiger partial charge < -0.3 is 0 Å². The quantitative estimate of drug-likeness (QED) is 0.835. The zero-order valence-electron chi connectivity index (χ0n) is 11.1. The van der Waals surface area contributed by atoms with Gasteiger partial charge in [-0.2, -0.15) is 5.10 Å². The molecule has 1 aliphatic carbocycles. The number of aromatic nitrogens is 2. The molecule has 0 aliphatic heterocycles. The first kappa shape index (κ1) is 12.1. The summed E-state index contributed by atoms with van der Waals surface area (Å²) in [5.41, 5.74) is 4.58. The molecule has 0 bridgehead atoms. The highest BCUT2D eigenvalue weighted by Crippen LogP contribution is 2.19. The predicted molar refractivity (Wildman–Crippen MR) is 71.6 cm³/mol. The molecule has 0 saturated heterocycles. The molecule has 1 aromatic heterocycles. The smallest absolute Gasteiger partial charge is 0.0721 e. The number of rotatable bonds is 2. The van der Waals surface area contributed by atoms with Crippen molar-refractivity contribution in [3.8, 4) is 0 Å². The van der Waals surface area contributed by atoms with Gasteiger partial charge in [-0.25, -0.2) is 0 Å². The number of nitrogens with zero attached hydrogens (tertiary/aromatic N) is 2. The van der Waals surface area contributed by atoms with Crippen molar-refractivity contribution in [3.05, 3.63) is 29.1 Å². The Balaban J connectivity index is 2.43. The molecule has 1 N–H and O–H groups in total. The van der Waals surface area contributed by atoms with E-state index in [4.69, 9.17) is 4.99 Å². The highest BCUT2D eigenvalue weighted by molar-refractivity contribution is 6.10. The third kappa shape index (κ3) is 2.48. The highest BCUT2D eigenvalue weighted by atomic mass is 15.1. The van der Waals surface area contributed by atoms with E-state index in [0.29, 0.717) is 12.0 Å². The number of nitrogens with one attached hydrogen (secondary N) is 1. The fourth-order valence-corrected chi connectivity index (χ4v) is 1.97. The van der Waals surface area contributed by atoms with E-state index in [-0.39, 0.29) is 0 Å². The summed E-state index contributed by atoms with van der Waals surface area (Å²) in [4.78, 5) is 4.84. The van der Waals surface area contributed by atoms with Gasteiger partial charge in [-0.15, -0.1) is 0 Å². The number of aromatic amines is 1. The van der Waals surface area contributed by atoms with Crippen LogP contribution in [0.3, 0.4) is 0 Å². The standard InChI is InChI=1S/C14H21N3/c1-9(2)10(3)15-12-7-5-6-8-13-14(12)11(4)16-17-13/h5,7,9-10H,6,8H2,1-4H3,(H,16,17). The van der Waals surface area contributed by atoms with Crippen LogP contribution < -0.4 is 0 Å². The summed E-state index contributed by atoms with van der Waals surface area (Å²) in [6, 6.07) is 0.342. The fraction of sp³-hybridized carbons (Fsp3) is 0.571. The van der Waals surface area contributed by atoms with E-state index >= 15 is 0 Å². The average molecular weight is 231 g/mol. The van der Waals surface area contributed by atoms with Crippen LogP contribution in [-0.2, 0) is 6.42 Å². The van der Waals surface area contributed by atoms with Crippen LogP contribution in [-0.4, -0.2) is 22.0 Å². The summed E-state index contributed by atoms with van der Waals surface area (Å²) >= 11 is 0. The minimum atomic E-state index is 0.342. The van der Waals surface area contributed by atoms with Crippen molar-refractivity contribution in [2.75, 3.05) is 0 Å². The Labute approximate surface area is 103 Å². The molecule has 1 heterocycles. The van der Waals surface area contributed by atoms with Gasteiger partial charge in [-0.1, -0.05) is 19.9 Å². The summed E-state index contributed by atoms with van der Waals surface area (Å²) in [7, 11) is 0. The number of allylic oxidation sites excluding steroid dienone is 2. The second kappa shape index (κ2) is 4.86. The minimum Gasteiger partial charge on any atom is -0.282 e. The molecule has 1 aromatic rings. The Morgan fingerprint density at radius 3 is 2.82 bits per heavy atom. The minimum absolute atomic E-state index is 0.342. The van der Waals surface area contributed by atoms with Crippen molar-refractivity contribution >= 4 is 5.71 Å². The van der Waals surface area contributed by atoms with Crippen molar-refractivity contribution in [2.24, 2.45) is 10.9 Å². The topological polar surface area (TPSA) is 41.0 Å². The molecule has 2 rings (SSSR count). The van der Waals surface area contributed by atoms with Crippen molar-refractivity contribution < 1.29 is 0 Å². The maximum Gasteiger partial charge on any atom is 0.0721 e. The molecule has 0 fully saturated rings. The number of H-pyrrole nitrogens is 1. The molecular formula is C14H21N3. The number of aryl methyl sites for hydroxylation is 2. The molecule has 0 amide bonds. The van der Waals surface area contributed by atoms with Gasteiger partial charge in [0.15, 0.2) is 0 Å². The van der Waals surface area contributed by atoms with Crippen LogP contribution in [0.25, 0.3) is 0 Å². The summed E-state index contributed by atoms with van der Waals surface area (Å²) in [6.45, 7) is 8.66. The van der Waals surface area contributed by atoms with Gasteiger partial charge in [0.25, 0.3) is 0 Å². The third-order valence-corrected chi connectivity index (χ3v) is 3.41. The second-order valence-electron chi connectivity index (χ2n) is 5.11. The van der Waals surface area contributed by atoms with E-state index in [2.05, 4.69) is 50.0 Å². The first-order chi connectivity index (χ1) is 8.09. The SMILES string of the molecule is Cc1[nH]nc2c1C(=NC(C)C(C)C)C=CCC2. The van der Waals surface area contributed by atoms with Crippen LogP contribution in [0.2, 0.25) is 0 Å². The summed E-state index contributed by atoms with van der Waals surface area (Å²) < 4.78 is 0. The average Bonchev–Trinajstić information content (AvgIpc) is 2.53. The van der Waals surface area contributed by atoms with Crippen molar-refractivity contribution in [2.45, 2.75) is 46.6 Å². The first-order valence-electron chi connectivity index (χ1n) is 6.38. The molecule has 92 valence electrons. The fourth-order valence-electron chi connectivity index (χ4n) is 1.97. The van der Waals surface area contributed by atoms with E-state index < -0.39 is 0 Å². The van der Waals surface area contributed by atoms with Crippen molar-refractivity contribution in [1.82, 2.24) is 10.2 Å². The molecule has 1 atom stereocenters. The molecular weight excluding hydrogens is 210 g/mol. The molecule has 0 radical (unpaired) electrons. The van der Waals surface area contributed by atoms with Crippen molar-refractivity contribution in [1.29, 1.82) is 0 Å². The highest BCUT2D eigenvalue weighted by Gasteiger charge is 2.17. The third-order valence-electron chi connectivity index (χ3n) is 3.41. The van der Waals surface area contributed by atoms with Crippen LogP contribution in [0.15, 0.2) is 17.1 Å². The van der Waals surface area contributed by atoms with E-state index in [1.165, 1.54) is 5.56 Å². The number of aliphatic imine (C=N–C) groups is 1. The molecule has 3 nitrogen and oxygen atoms in total. The first-order valence-corrected chi connectivity index (χ1v) is 6.38. The van der Waals surface area contributed by atoms with E-state index in [1.54, 1.807) is 0 Å². The Kier molecular flexibility index (Phi) is 3.46. The molecule has 17 heavy (non-hydrogen) atoms. The lowest BCUT2D eigenvalue weighted by Crippen LogP contribution is -2.12. The number of hydrogen-bond donors (Lipinski definition) is 1. The van der Waals surface area contributed by atoms with Gasteiger partial charge in [0.05, 0.1) is 17.4 Å². The van der Waals surface area contributed by atoms with E-state index in [9.17, 15) is 0 Å². The van der Waals surface area contributed by atoms with Gasteiger partial charge >= 0.3 is 0 Å². The Bertz CT molecular complexity index is 452. The largest absolute Gasteiger partial charge is 0.282 e. The lowest BCUT2D eigenvalue weighted by Gasteiger charge is -2.12. The summed E-state index contributed by atoms with van der Waals surface area (Å²) in [5.74, 6) is 0.565. The van der Waals surface area contributed by atoms with Crippen LogP contribution in [0.1, 0.15) is 44.1 Å².